The third-order valence-corrected chi connectivity index (χ3v) is 2.65. The van der Waals surface area contributed by atoms with Crippen molar-refractivity contribution in [2.75, 3.05) is 0 Å². The number of allylic oxidation sites excluding steroid dienone is 4. The summed E-state index contributed by atoms with van der Waals surface area (Å²) in [5.41, 5.74) is 1.87. The zero-order valence-electron chi connectivity index (χ0n) is 9.36. The van der Waals surface area contributed by atoms with E-state index in [4.69, 9.17) is 0 Å². The summed E-state index contributed by atoms with van der Waals surface area (Å²) >= 11 is 0. The van der Waals surface area contributed by atoms with Gasteiger partial charge in [0.1, 0.15) is 0 Å². The van der Waals surface area contributed by atoms with Crippen molar-refractivity contribution in [1.29, 1.82) is 0 Å². The maximum absolute atomic E-state index is 11.4. The van der Waals surface area contributed by atoms with Gasteiger partial charge in [-0.1, -0.05) is 36.5 Å². The summed E-state index contributed by atoms with van der Waals surface area (Å²) in [4.78, 5) is 0. The predicted molar refractivity (Wildman–Crippen MR) is 66.1 cm³/mol. The topological polar surface area (TPSA) is 34.1 Å². The molecule has 0 heterocycles. The molecule has 0 aliphatic rings. The van der Waals surface area contributed by atoms with Crippen LogP contribution in [0.2, 0.25) is 0 Å². The van der Waals surface area contributed by atoms with E-state index in [9.17, 15) is 8.42 Å². The van der Waals surface area contributed by atoms with Crippen molar-refractivity contribution in [3.63, 3.8) is 0 Å². The summed E-state index contributed by atoms with van der Waals surface area (Å²) in [6.45, 7) is 11.1. The number of hydrogen-bond donors (Lipinski definition) is 0. The molecule has 0 aliphatic carbocycles. The van der Waals surface area contributed by atoms with Crippen molar-refractivity contribution < 1.29 is 8.42 Å². The first-order chi connectivity index (χ1) is 6.83. The molecular weight excluding hydrogens is 208 g/mol. The third kappa shape index (κ3) is 9.22. The normalized spacial score (nSPS) is 12.4. The second-order valence-electron chi connectivity index (χ2n) is 3.66. The molecule has 0 amide bonds. The fraction of sp³-hybridized carbons (Fsp3) is 0.333. The van der Waals surface area contributed by atoms with Crippen molar-refractivity contribution in [3.8, 4) is 0 Å². The minimum atomic E-state index is -3.22. The molecule has 0 N–H and O–H groups in total. The SMILES string of the molecule is C=C(C)CC=CS(=O)(=O)C=CCC(=C)C. The largest absolute Gasteiger partial charge is 0.220 e. The molecule has 0 radical (unpaired) electrons. The molecule has 0 aliphatic heterocycles. The fourth-order valence-corrected chi connectivity index (χ4v) is 1.63. The van der Waals surface area contributed by atoms with Crippen LogP contribution in [0.15, 0.2) is 47.3 Å². The van der Waals surface area contributed by atoms with Crippen LogP contribution in [0.25, 0.3) is 0 Å². The van der Waals surface area contributed by atoms with Gasteiger partial charge in [-0.2, -0.15) is 0 Å². The molecule has 15 heavy (non-hydrogen) atoms. The Labute approximate surface area is 92.6 Å². The number of sulfone groups is 1. The summed E-state index contributed by atoms with van der Waals surface area (Å²) < 4.78 is 22.7. The van der Waals surface area contributed by atoms with E-state index in [2.05, 4.69) is 13.2 Å². The maximum atomic E-state index is 11.4. The van der Waals surface area contributed by atoms with Crippen LogP contribution < -0.4 is 0 Å². The Morgan fingerprint density at radius 2 is 1.33 bits per heavy atom. The third-order valence-electron chi connectivity index (χ3n) is 1.50. The lowest BCUT2D eigenvalue weighted by Gasteiger charge is -1.92. The first-order valence-electron chi connectivity index (χ1n) is 4.70. The molecule has 0 spiro atoms. The van der Waals surface area contributed by atoms with Gasteiger partial charge in [-0.25, -0.2) is 8.42 Å². The van der Waals surface area contributed by atoms with Crippen LogP contribution in [0, 0.1) is 0 Å². The van der Waals surface area contributed by atoms with Gasteiger partial charge in [-0.05, 0) is 26.7 Å². The number of hydrogen-bond acceptors (Lipinski definition) is 2. The van der Waals surface area contributed by atoms with Crippen LogP contribution in [0.5, 0.6) is 0 Å². The van der Waals surface area contributed by atoms with Crippen molar-refractivity contribution in [1.82, 2.24) is 0 Å². The smallest absolute Gasteiger partial charge is 0.192 e. The summed E-state index contributed by atoms with van der Waals surface area (Å²) in [5, 5.41) is 2.41. The lowest BCUT2D eigenvalue weighted by molar-refractivity contribution is 0.612. The molecular formula is C12H18O2S. The lowest BCUT2D eigenvalue weighted by Crippen LogP contribution is -1.88. The lowest BCUT2D eigenvalue weighted by atomic mass is 10.2. The van der Waals surface area contributed by atoms with Crippen LogP contribution in [0.3, 0.4) is 0 Å². The molecule has 0 rings (SSSR count). The molecule has 0 unspecified atom stereocenters. The average Bonchev–Trinajstić information content (AvgIpc) is 2.01. The Bertz CT molecular complexity index is 352. The molecule has 0 aromatic carbocycles. The second-order valence-corrected chi connectivity index (χ2v) is 5.38. The average molecular weight is 226 g/mol. The fourth-order valence-electron chi connectivity index (χ4n) is 0.812. The van der Waals surface area contributed by atoms with E-state index >= 15 is 0 Å². The van der Waals surface area contributed by atoms with Crippen molar-refractivity contribution in [3.05, 3.63) is 47.3 Å². The standard InChI is InChI=1S/C12H18O2S/c1-11(2)7-5-9-15(13,14)10-6-8-12(3)4/h5-6,9-10H,1,3,7-8H2,2,4H3. The highest BCUT2D eigenvalue weighted by Crippen LogP contribution is 2.03. The predicted octanol–water partition coefficient (Wildman–Crippen LogP) is 3.36. The van der Waals surface area contributed by atoms with Gasteiger partial charge in [0.05, 0.1) is 0 Å². The van der Waals surface area contributed by atoms with Gasteiger partial charge >= 0.3 is 0 Å². The molecule has 0 atom stereocenters. The van der Waals surface area contributed by atoms with Gasteiger partial charge in [0, 0.05) is 10.8 Å². The summed E-state index contributed by atoms with van der Waals surface area (Å²) in [7, 11) is -3.22. The Morgan fingerprint density at radius 3 is 1.60 bits per heavy atom. The van der Waals surface area contributed by atoms with Crippen LogP contribution in [0.4, 0.5) is 0 Å². The Kier molecular flexibility index (Phi) is 5.94. The van der Waals surface area contributed by atoms with E-state index < -0.39 is 9.84 Å². The Morgan fingerprint density at radius 1 is 1.00 bits per heavy atom. The Balaban J connectivity index is 4.31. The van der Waals surface area contributed by atoms with Gasteiger partial charge in [0.25, 0.3) is 0 Å². The van der Waals surface area contributed by atoms with E-state index in [1.165, 1.54) is 10.8 Å². The molecule has 3 heteroatoms. The highest BCUT2D eigenvalue weighted by atomic mass is 32.2. The van der Waals surface area contributed by atoms with E-state index in [0.29, 0.717) is 12.8 Å². The van der Waals surface area contributed by atoms with E-state index in [1.807, 2.05) is 13.8 Å². The second kappa shape index (κ2) is 6.40. The van der Waals surface area contributed by atoms with Crippen molar-refractivity contribution >= 4 is 9.84 Å². The van der Waals surface area contributed by atoms with Crippen LogP contribution >= 0.6 is 0 Å². The summed E-state index contributed by atoms with van der Waals surface area (Å²) in [6, 6.07) is 0. The van der Waals surface area contributed by atoms with Crippen molar-refractivity contribution in [2.24, 2.45) is 0 Å². The van der Waals surface area contributed by atoms with E-state index in [0.717, 1.165) is 11.1 Å². The minimum Gasteiger partial charge on any atom is -0.220 e. The van der Waals surface area contributed by atoms with Gasteiger partial charge in [-0.15, -0.1) is 0 Å². The minimum absolute atomic E-state index is 0.591. The zero-order chi connectivity index (χ0) is 11.9. The number of rotatable bonds is 6. The molecule has 0 saturated carbocycles. The first kappa shape index (κ1) is 13.9. The molecule has 0 bridgehead atoms. The van der Waals surface area contributed by atoms with Gasteiger partial charge in [0.2, 0.25) is 0 Å². The van der Waals surface area contributed by atoms with Crippen LogP contribution in [-0.4, -0.2) is 8.42 Å². The highest BCUT2D eigenvalue weighted by molar-refractivity contribution is 7.97. The van der Waals surface area contributed by atoms with Crippen molar-refractivity contribution in [2.45, 2.75) is 26.7 Å². The highest BCUT2D eigenvalue weighted by Gasteiger charge is 1.97. The summed E-state index contributed by atoms with van der Waals surface area (Å²) in [6.07, 6.45) is 4.38. The van der Waals surface area contributed by atoms with E-state index in [1.54, 1.807) is 12.2 Å². The quantitative estimate of drug-likeness (QED) is 0.651. The Hall–Kier alpha value is -1.09. The van der Waals surface area contributed by atoms with Gasteiger partial charge in [-0.3, -0.25) is 0 Å². The van der Waals surface area contributed by atoms with Crippen LogP contribution in [-0.2, 0) is 9.84 Å². The maximum Gasteiger partial charge on any atom is 0.192 e. The summed E-state index contributed by atoms with van der Waals surface area (Å²) in [5.74, 6) is 0. The molecule has 0 saturated heterocycles. The molecule has 0 fully saturated rings. The zero-order valence-corrected chi connectivity index (χ0v) is 10.2. The van der Waals surface area contributed by atoms with Crippen LogP contribution in [0.1, 0.15) is 26.7 Å². The van der Waals surface area contributed by atoms with E-state index in [-0.39, 0.29) is 0 Å². The molecule has 84 valence electrons. The van der Waals surface area contributed by atoms with Gasteiger partial charge in [0.15, 0.2) is 9.84 Å². The molecule has 0 aromatic heterocycles. The first-order valence-corrected chi connectivity index (χ1v) is 6.31. The van der Waals surface area contributed by atoms with Gasteiger partial charge < -0.3 is 0 Å². The monoisotopic (exact) mass is 226 g/mol. The molecule has 2 nitrogen and oxygen atoms in total. The molecule has 0 aromatic rings.